The Hall–Kier alpha value is -2.97. The van der Waals surface area contributed by atoms with Gasteiger partial charge in [-0.15, -0.1) is 0 Å². The van der Waals surface area contributed by atoms with E-state index in [1.807, 2.05) is 48.9 Å². The highest BCUT2D eigenvalue weighted by atomic mass is 32.2. The Balaban J connectivity index is 1.57. The number of aryl methyl sites for hydroxylation is 2. The molecule has 7 nitrogen and oxygen atoms in total. The van der Waals surface area contributed by atoms with Gasteiger partial charge in [0, 0.05) is 24.5 Å². The number of hydrogen-bond acceptors (Lipinski definition) is 4. The number of nitrogens with one attached hydrogen (secondary N) is 1. The Morgan fingerprint density at radius 2 is 1.65 bits per heavy atom. The number of benzene rings is 2. The van der Waals surface area contributed by atoms with Gasteiger partial charge in [-0.05, 0) is 56.9 Å². The first-order valence-corrected chi connectivity index (χ1v) is 13.2. The molecule has 2 heterocycles. The molecule has 1 aliphatic heterocycles. The summed E-state index contributed by atoms with van der Waals surface area (Å²) in [5.74, 6) is -0.295. The lowest BCUT2D eigenvalue weighted by atomic mass is 10.1. The largest absolute Gasteiger partial charge is 0.322 e. The van der Waals surface area contributed by atoms with Gasteiger partial charge in [-0.2, -0.15) is 9.40 Å². The molecule has 4 rings (SSSR count). The van der Waals surface area contributed by atoms with Crippen LogP contribution in [-0.4, -0.2) is 41.5 Å². The highest BCUT2D eigenvalue weighted by Crippen LogP contribution is 2.26. The minimum Gasteiger partial charge on any atom is -0.322 e. The molecule has 0 unspecified atom stereocenters. The van der Waals surface area contributed by atoms with E-state index in [9.17, 15) is 13.2 Å². The van der Waals surface area contributed by atoms with E-state index in [1.54, 1.807) is 29.4 Å². The molecule has 1 aromatic heterocycles. The second-order valence-corrected chi connectivity index (χ2v) is 10.8. The number of amides is 1. The molecule has 0 aliphatic carbocycles. The lowest BCUT2D eigenvalue weighted by Crippen LogP contribution is -2.32. The van der Waals surface area contributed by atoms with Crippen molar-refractivity contribution < 1.29 is 13.2 Å². The molecule has 3 aromatic rings. The van der Waals surface area contributed by atoms with Crippen molar-refractivity contribution >= 4 is 21.6 Å². The van der Waals surface area contributed by atoms with E-state index in [4.69, 9.17) is 0 Å². The Morgan fingerprint density at radius 1 is 0.971 bits per heavy atom. The molecule has 1 fully saturated rings. The molecule has 0 atom stereocenters. The van der Waals surface area contributed by atoms with Crippen molar-refractivity contribution in [3.63, 3.8) is 0 Å². The van der Waals surface area contributed by atoms with Gasteiger partial charge >= 0.3 is 0 Å². The smallest absolute Gasteiger partial charge is 0.259 e. The first kappa shape index (κ1) is 24.2. The average Bonchev–Trinajstić information content (AvgIpc) is 2.99. The minimum absolute atomic E-state index is 0.250. The number of anilines is 1. The van der Waals surface area contributed by atoms with Gasteiger partial charge in [-0.25, -0.2) is 8.42 Å². The maximum atomic E-state index is 13.4. The molecule has 0 spiro atoms. The molecule has 1 amide bonds. The molecule has 1 aliphatic rings. The zero-order valence-electron chi connectivity index (χ0n) is 20.0. The first-order chi connectivity index (χ1) is 16.3. The number of sulfonamides is 1. The first-order valence-electron chi connectivity index (χ1n) is 11.8. The summed E-state index contributed by atoms with van der Waals surface area (Å²) in [4.78, 5) is 13.4. The van der Waals surface area contributed by atoms with E-state index in [0.717, 1.165) is 36.9 Å². The van der Waals surface area contributed by atoms with Gasteiger partial charge in [0.25, 0.3) is 5.91 Å². The third kappa shape index (κ3) is 5.08. The van der Waals surface area contributed by atoms with Crippen LogP contribution < -0.4 is 5.32 Å². The van der Waals surface area contributed by atoms with Crippen molar-refractivity contribution in [2.45, 2.75) is 57.9 Å². The summed E-state index contributed by atoms with van der Waals surface area (Å²) >= 11 is 0. The van der Waals surface area contributed by atoms with E-state index >= 15 is 0 Å². The lowest BCUT2D eigenvalue weighted by Gasteiger charge is -2.21. The van der Waals surface area contributed by atoms with Gasteiger partial charge in [0.15, 0.2) is 0 Å². The van der Waals surface area contributed by atoms with Crippen molar-refractivity contribution in [2.24, 2.45) is 0 Å². The SMILES string of the molecule is Cc1ccc(NC(=O)c2c(C)nn(Cc3ccccc3)c2C)cc1S(=O)(=O)N1CCCCCC1. The summed E-state index contributed by atoms with van der Waals surface area (Å²) in [6.45, 7) is 7.13. The van der Waals surface area contributed by atoms with E-state index in [2.05, 4.69) is 10.4 Å². The summed E-state index contributed by atoms with van der Waals surface area (Å²) in [5.41, 5.74) is 4.14. The van der Waals surface area contributed by atoms with Gasteiger partial charge in [0.05, 0.1) is 22.7 Å². The fourth-order valence-electron chi connectivity index (χ4n) is 4.51. The molecular formula is C26H32N4O3S. The summed E-state index contributed by atoms with van der Waals surface area (Å²) in [7, 11) is -3.62. The summed E-state index contributed by atoms with van der Waals surface area (Å²) in [5, 5.41) is 7.46. The maximum absolute atomic E-state index is 13.4. The van der Waals surface area contributed by atoms with E-state index in [0.29, 0.717) is 42.1 Å². The standard InChI is InChI=1S/C26H32N4O3S/c1-19-13-14-23(17-24(19)34(32,33)29-15-9-4-5-10-16-29)27-26(31)25-20(2)28-30(21(25)3)18-22-11-7-6-8-12-22/h6-8,11-14,17H,4-5,9-10,15-16,18H2,1-3H3,(H,27,31). The third-order valence-corrected chi connectivity index (χ3v) is 8.45. The summed E-state index contributed by atoms with van der Waals surface area (Å²) < 4.78 is 30.1. The van der Waals surface area contributed by atoms with Crippen molar-refractivity contribution in [3.05, 3.63) is 76.6 Å². The second kappa shape index (κ2) is 10.1. The topological polar surface area (TPSA) is 84.3 Å². The Kier molecular flexibility index (Phi) is 7.19. The van der Waals surface area contributed by atoms with Crippen molar-refractivity contribution in [3.8, 4) is 0 Å². The van der Waals surface area contributed by atoms with E-state index in [1.165, 1.54) is 0 Å². The fourth-order valence-corrected chi connectivity index (χ4v) is 6.27. The normalized spacial score (nSPS) is 15.1. The lowest BCUT2D eigenvalue weighted by molar-refractivity contribution is 0.102. The van der Waals surface area contributed by atoms with Gasteiger partial charge in [-0.1, -0.05) is 49.2 Å². The number of hydrogen-bond donors (Lipinski definition) is 1. The van der Waals surface area contributed by atoms with Crippen LogP contribution in [0.1, 0.15) is 58.6 Å². The molecule has 0 radical (unpaired) electrons. The number of carbonyl (C=O) groups excluding carboxylic acids is 1. The van der Waals surface area contributed by atoms with Gasteiger partial charge in [0.1, 0.15) is 0 Å². The molecule has 0 bridgehead atoms. The van der Waals surface area contributed by atoms with Crippen molar-refractivity contribution in [1.82, 2.24) is 14.1 Å². The quantitative estimate of drug-likeness (QED) is 0.556. The molecule has 8 heteroatoms. The summed E-state index contributed by atoms with van der Waals surface area (Å²) in [6.07, 6.45) is 3.86. The van der Waals surface area contributed by atoms with Crippen LogP contribution in [0.15, 0.2) is 53.4 Å². The molecule has 180 valence electrons. The minimum atomic E-state index is -3.62. The predicted molar refractivity (Wildman–Crippen MR) is 134 cm³/mol. The van der Waals surface area contributed by atoms with E-state index in [-0.39, 0.29) is 10.8 Å². The maximum Gasteiger partial charge on any atom is 0.259 e. The fraction of sp³-hybridized carbons (Fsp3) is 0.385. The summed E-state index contributed by atoms with van der Waals surface area (Å²) in [6, 6.07) is 15.0. The number of nitrogens with zero attached hydrogens (tertiary/aromatic N) is 3. The molecule has 0 saturated carbocycles. The molecule has 1 N–H and O–H groups in total. The van der Waals surface area contributed by atoms with Crippen LogP contribution >= 0.6 is 0 Å². The van der Waals surface area contributed by atoms with Crippen LogP contribution in [0.3, 0.4) is 0 Å². The van der Waals surface area contributed by atoms with Gasteiger partial charge in [-0.3, -0.25) is 9.48 Å². The second-order valence-electron chi connectivity index (χ2n) is 8.94. The predicted octanol–water partition coefficient (Wildman–Crippen LogP) is 4.67. The van der Waals surface area contributed by atoms with Crippen LogP contribution in [0.25, 0.3) is 0 Å². The monoisotopic (exact) mass is 480 g/mol. The van der Waals surface area contributed by atoms with Crippen molar-refractivity contribution in [2.75, 3.05) is 18.4 Å². The molecule has 1 saturated heterocycles. The number of aromatic nitrogens is 2. The van der Waals surface area contributed by atoms with Gasteiger partial charge < -0.3 is 5.32 Å². The molecule has 2 aromatic carbocycles. The van der Waals surface area contributed by atoms with Crippen LogP contribution in [0.4, 0.5) is 5.69 Å². The molecule has 34 heavy (non-hydrogen) atoms. The highest BCUT2D eigenvalue weighted by molar-refractivity contribution is 7.89. The van der Waals surface area contributed by atoms with Crippen LogP contribution in [0.2, 0.25) is 0 Å². The van der Waals surface area contributed by atoms with Gasteiger partial charge in [0.2, 0.25) is 10.0 Å². The Morgan fingerprint density at radius 3 is 2.32 bits per heavy atom. The number of carbonyl (C=O) groups is 1. The zero-order chi connectivity index (χ0) is 24.3. The Bertz CT molecular complexity index is 1270. The van der Waals surface area contributed by atoms with Crippen LogP contribution in [0, 0.1) is 20.8 Å². The number of rotatable bonds is 6. The van der Waals surface area contributed by atoms with E-state index < -0.39 is 10.0 Å². The molecular weight excluding hydrogens is 448 g/mol. The average molecular weight is 481 g/mol. The van der Waals surface area contributed by atoms with Crippen LogP contribution in [0.5, 0.6) is 0 Å². The third-order valence-electron chi connectivity index (χ3n) is 6.41. The van der Waals surface area contributed by atoms with Crippen molar-refractivity contribution in [1.29, 1.82) is 0 Å². The Labute approximate surface area is 201 Å². The zero-order valence-corrected chi connectivity index (χ0v) is 20.9. The highest BCUT2D eigenvalue weighted by Gasteiger charge is 2.27. The van der Waals surface area contributed by atoms with Crippen LogP contribution in [-0.2, 0) is 16.6 Å².